The number of rotatable bonds is 4. The molecular weight excluding hydrogens is 312 g/mol. The van der Waals surface area contributed by atoms with Crippen LogP contribution in [0.3, 0.4) is 0 Å². The minimum atomic E-state index is -3.26. The number of carbonyl (C=O) groups is 1. The van der Waals surface area contributed by atoms with Crippen molar-refractivity contribution >= 4 is 32.2 Å². The molecule has 0 saturated carbocycles. The molecule has 2 heterocycles. The molecule has 1 N–H and O–H groups in total. The number of amides is 1. The van der Waals surface area contributed by atoms with Crippen LogP contribution in [0.15, 0.2) is 6.20 Å². The van der Waals surface area contributed by atoms with Gasteiger partial charge in [0.2, 0.25) is 5.91 Å². The summed E-state index contributed by atoms with van der Waals surface area (Å²) in [7, 11) is -3.26. The van der Waals surface area contributed by atoms with Crippen LogP contribution in [-0.4, -0.2) is 44.5 Å². The third-order valence-electron chi connectivity index (χ3n) is 3.24. The normalized spacial score (nSPS) is 18.1. The van der Waals surface area contributed by atoms with E-state index in [-0.39, 0.29) is 30.3 Å². The number of nitrogens with one attached hydrogen (secondary N) is 1. The lowest BCUT2D eigenvalue weighted by molar-refractivity contribution is -0.151. The van der Waals surface area contributed by atoms with Crippen LogP contribution >= 0.6 is 11.3 Å². The van der Waals surface area contributed by atoms with Crippen molar-refractivity contribution in [1.29, 1.82) is 0 Å². The summed E-state index contributed by atoms with van der Waals surface area (Å²) in [5, 5.41) is 3.21. The topological polar surface area (TPSA) is 85.4 Å². The summed E-state index contributed by atoms with van der Waals surface area (Å²) in [4.78, 5) is 17.6. The van der Waals surface area contributed by atoms with Crippen molar-refractivity contribution < 1.29 is 17.9 Å². The van der Waals surface area contributed by atoms with Crippen LogP contribution in [0.4, 0.5) is 5.13 Å². The third-order valence-corrected chi connectivity index (χ3v) is 5.66. The van der Waals surface area contributed by atoms with Gasteiger partial charge in [-0.3, -0.25) is 4.79 Å². The molecule has 1 aliphatic rings. The van der Waals surface area contributed by atoms with E-state index in [9.17, 15) is 13.2 Å². The van der Waals surface area contributed by atoms with Gasteiger partial charge in [-0.2, -0.15) is 0 Å². The van der Waals surface area contributed by atoms with Crippen molar-refractivity contribution in [3.05, 3.63) is 11.1 Å². The quantitative estimate of drug-likeness (QED) is 0.902. The van der Waals surface area contributed by atoms with E-state index in [0.29, 0.717) is 5.13 Å². The molecule has 1 fully saturated rings. The van der Waals surface area contributed by atoms with Gasteiger partial charge in [0, 0.05) is 17.3 Å². The number of anilines is 1. The van der Waals surface area contributed by atoms with Crippen molar-refractivity contribution in [3.8, 4) is 0 Å². The van der Waals surface area contributed by atoms with Crippen LogP contribution in [0.25, 0.3) is 0 Å². The van der Waals surface area contributed by atoms with Gasteiger partial charge in [-0.05, 0) is 5.41 Å². The van der Waals surface area contributed by atoms with Gasteiger partial charge >= 0.3 is 0 Å². The molecule has 8 heteroatoms. The van der Waals surface area contributed by atoms with Gasteiger partial charge in [0.05, 0.1) is 19.0 Å². The highest BCUT2D eigenvalue weighted by Gasteiger charge is 2.48. The van der Waals surface area contributed by atoms with Crippen LogP contribution in [0.1, 0.15) is 25.6 Å². The highest BCUT2D eigenvalue weighted by molar-refractivity contribution is 7.90. The summed E-state index contributed by atoms with van der Waals surface area (Å²) in [5.74, 6) is -0.544. The second kappa shape index (κ2) is 5.33. The average Bonchev–Trinajstić information content (AvgIpc) is 2.70. The van der Waals surface area contributed by atoms with Gasteiger partial charge in [0.25, 0.3) is 0 Å². The first-order valence-electron chi connectivity index (χ1n) is 6.55. The molecule has 6 nitrogen and oxygen atoms in total. The number of hydrogen-bond donors (Lipinski definition) is 1. The Balaban J connectivity index is 2.12. The Morgan fingerprint density at radius 2 is 2.10 bits per heavy atom. The zero-order valence-electron chi connectivity index (χ0n) is 12.6. The van der Waals surface area contributed by atoms with Gasteiger partial charge in [-0.15, -0.1) is 11.3 Å². The molecule has 0 unspecified atom stereocenters. The molecule has 0 radical (unpaired) electrons. The number of sulfone groups is 1. The van der Waals surface area contributed by atoms with Gasteiger partial charge < -0.3 is 10.1 Å². The van der Waals surface area contributed by atoms with E-state index in [4.69, 9.17) is 4.74 Å². The fourth-order valence-corrected chi connectivity index (χ4v) is 4.21. The second-order valence-corrected chi connectivity index (χ2v) is 9.75. The fraction of sp³-hybridized carbons (Fsp3) is 0.692. The molecule has 0 spiro atoms. The molecule has 0 bridgehead atoms. The summed E-state index contributed by atoms with van der Waals surface area (Å²) in [6.45, 7) is 6.46. The fourth-order valence-electron chi connectivity index (χ4n) is 2.04. The maximum Gasteiger partial charge on any atom is 0.238 e. The number of ether oxygens (including phenoxy) is 1. The predicted octanol–water partition coefficient (Wildman–Crippen LogP) is 1.44. The Bertz CT molecular complexity index is 639. The summed E-state index contributed by atoms with van der Waals surface area (Å²) in [6.07, 6.45) is 2.86. The Morgan fingerprint density at radius 1 is 1.48 bits per heavy atom. The largest absolute Gasteiger partial charge is 0.379 e. The van der Waals surface area contributed by atoms with E-state index in [0.717, 1.165) is 11.1 Å². The molecule has 0 atom stereocenters. The summed E-state index contributed by atoms with van der Waals surface area (Å²) >= 11 is 1.40. The molecule has 1 amide bonds. The molecule has 2 rings (SSSR count). The van der Waals surface area contributed by atoms with E-state index < -0.39 is 15.3 Å². The SMILES string of the molecule is CC(C)(C)c1cnc(NC(=O)C2(CS(C)(=O)=O)COC2)s1. The van der Waals surface area contributed by atoms with E-state index in [1.807, 2.05) is 0 Å². The van der Waals surface area contributed by atoms with E-state index in [2.05, 4.69) is 31.1 Å². The Kier molecular flexibility index (Phi) is 4.16. The minimum absolute atomic E-state index is 0.0370. The monoisotopic (exact) mass is 332 g/mol. The summed E-state index contributed by atoms with van der Waals surface area (Å²) in [6, 6.07) is 0. The minimum Gasteiger partial charge on any atom is -0.379 e. The lowest BCUT2D eigenvalue weighted by Gasteiger charge is -2.38. The first-order chi connectivity index (χ1) is 9.52. The number of hydrogen-bond acceptors (Lipinski definition) is 6. The average molecular weight is 332 g/mol. The summed E-state index contributed by atoms with van der Waals surface area (Å²) in [5.41, 5.74) is -1.02. The van der Waals surface area contributed by atoms with E-state index in [1.54, 1.807) is 6.20 Å². The van der Waals surface area contributed by atoms with Gasteiger partial charge in [-0.1, -0.05) is 20.8 Å². The Labute approximate surface area is 128 Å². The molecule has 118 valence electrons. The molecule has 1 aromatic rings. The molecule has 0 aliphatic carbocycles. The van der Waals surface area contributed by atoms with Crippen LogP contribution in [-0.2, 0) is 24.8 Å². The molecule has 1 aromatic heterocycles. The van der Waals surface area contributed by atoms with Crippen LogP contribution in [0.2, 0.25) is 0 Å². The third kappa shape index (κ3) is 3.81. The van der Waals surface area contributed by atoms with Crippen molar-refractivity contribution in [2.24, 2.45) is 5.41 Å². The number of nitrogens with zero attached hydrogens (tertiary/aromatic N) is 1. The van der Waals surface area contributed by atoms with Gasteiger partial charge in [0.15, 0.2) is 5.13 Å². The lowest BCUT2D eigenvalue weighted by Crippen LogP contribution is -2.55. The van der Waals surface area contributed by atoms with Crippen LogP contribution in [0.5, 0.6) is 0 Å². The number of thiazole rings is 1. The molecule has 0 aromatic carbocycles. The molecule has 21 heavy (non-hydrogen) atoms. The first-order valence-corrected chi connectivity index (χ1v) is 9.43. The predicted molar refractivity (Wildman–Crippen MR) is 82.4 cm³/mol. The van der Waals surface area contributed by atoms with Crippen molar-refractivity contribution in [1.82, 2.24) is 4.98 Å². The lowest BCUT2D eigenvalue weighted by atomic mass is 9.87. The standard InChI is InChI=1S/C13H20N2O4S2/c1-12(2,3)9-5-14-11(20-9)15-10(16)13(6-19-7-13)8-21(4,17)18/h5H,6-8H2,1-4H3,(H,14,15,16). The van der Waals surface area contributed by atoms with Crippen molar-refractivity contribution in [2.75, 3.05) is 30.5 Å². The molecule has 1 saturated heterocycles. The zero-order valence-corrected chi connectivity index (χ0v) is 14.2. The first kappa shape index (κ1) is 16.4. The highest BCUT2D eigenvalue weighted by Crippen LogP contribution is 2.34. The van der Waals surface area contributed by atoms with Gasteiger partial charge in [0.1, 0.15) is 15.3 Å². The van der Waals surface area contributed by atoms with Crippen LogP contribution in [0, 0.1) is 5.41 Å². The molecule has 1 aliphatic heterocycles. The highest BCUT2D eigenvalue weighted by atomic mass is 32.2. The second-order valence-electron chi connectivity index (χ2n) is 6.58. The number of aromatic nitrogens is 1. The van der Waals surface area contributed by atoms with E-state index in [1.165, 1.54) is 11.3 Å². The van der Waals surface area contributed by atoms with Crippen molar-refractivity contribution in [3.63, 3.8) is 0 Å². The Hall–Kier alpha value is -0.990. The van der Waals surface area contributed by atoms with E-state index >= 15 is 0 Å². The Morgan fingerprint density at radius 3 is 2.48 bits per heavy atom. The van der Waals surface area contributed by atoms with Crippen LogP contribution < -0.4 is 5.32 Å². The maximum absolute atomic E-state index is 12.4. The smallest absolute Gasteiger partial charge is 0.238 e. The summed E-state index contributed by atoms with van der Waals surface area (Å²) < 4.78 is 28.0. The number of carbonyl (C=O) groups excluding carboxylic acids is 1. The maximum atomic E-state index is 12.4. The van der Waals surface area contributed by atoms with Crippen molar-refractivity contribution in [2.45, 2.75) is 26.2 Å². The van der Waals surface area contributed by atoms with Gasteiger partial charge in [-0.25, -0.2) is 13.4 Å². The zero-order chi connectivity index (χ0) is 15.9. The molecular formula is C13H20N2O4S2.